The number of ether oxygens (including phenoxy) is 1. The van der Waals surface area contributed by atoms with Gasteiger partial charge < -0.3 is 9.84 Å². The minimum Gasteiger partial charge on any atom is -0.469 e. The molecule has 0 aromatic heterocycles. The smallest absolute Gasteiger partial charge is 0.308 e. The summed E-state index contributed by atoms with van der Waals surface area (Å²) in [6.07, 6.45) is -0.389. The monoisotopic (exact) mass is 451 g/mol. The third kappa shape index (κ3) is 3.83. The van der Waals surface area contributed by atoms with E-state index in [1.807, 2.05) is 13.0 Å². The van der Waals surface area contributed by atoms with Gasteiger partial charge in [-0.25, -0.2) is 8.42 Å². The van der Waals surface area contributed by atoms with Crippen LogP contribution in [-0.2, 0) is 31.7 Å². The van der Waals surface area contributed by atoms with Crippen molar-refractivity contribution in [1.29, 1.82) is 0 Å². The first-order valence-electron chi connectivity index (χ1n) is 10.3. The Balaban J connectivity index is 1.96. The van der Waals surface area contributed by atoms with E-state index in [0.717, 1.165) is 5.56 Å². The van der Waals surface area contributed by atoms with Crippen molar-refractivity contribution in [2.75, 3.05) is 7.11 Å². The van der Waals surface area contributed by atoms with Crippen LogP contribution in [0.25, 0.3) is 0 Å². The van der Waals surface area contributed by atoms with E-state index in [1.54, 1.807) is 72.8 Å². The Hall–Kier alpha value is -3.00. The van der Waals surface area contributed by atoms with Crippen molar-refractivity contribution in [3.05, 3.63) is 101 Å². The highest BCUT2D eigenvalue weighted by Gasteiger charge is 2.52. The number of sulfonamides is 1. The Morgan fingerprint density at radius 3 is 2.31 bits per heavy atom. The van der Waals surface area contributed by atoms with Crippen LogP contribution in [0.4, 0.5) is 0 Å². The maximum atomic E-state index is 13.8. The third-order valence-electron chi connectivity index (χ3n) is 5.93. The molecule has 7 heteroatoms. The Bertz CT molecular complexity index is 1220. The van der Waals surface area contributed by atoms with Gasteiger partial charge in [0.1, 0.15) is 5.60 Å². The van der Waals surface area contributed by atoms with E-state index in [9.17, 15) is 18.3 Å². The molecule has 166 valence electrons. The van der Waals surface area contributed by atoms with Gasteiger partial charge in [-0.2, -0.15) is 4.31 Å². The van der Waals surface area contributed by atoms with Gasteiger partial charge in [-0.3, -0.25) is 4.79 Å². The lowest BCUT2D eigenvalue weighted by Crippen LogP contribution is -2.51. The quantitative estimate of drug-likeness (QED) is 0.598. The largest absolute Gasteiger partial charge is 0.469 e. The minimum atomic E-state index is -4.01. The second-order valence-electron chi connectivity index (χ2n) is 8.01. The molecule has 1 aliphatic rings. The number of aliphatic hydroxyl groups is 1. The van der Waals surface area contributed by atoms with Gasteiger partial charge >= 0.3 is 5.97 Å². The van der Waals surface area contributed by atoms with E-state index in [0.29, 0.717) is 16.7 Å². The summed E-state index contributed by atoms with van der Waals surface area (Å²) in [5.74, 6) is -0.627. The number of carbonyl (C=O) groups excluding carboxylic acids is 1. The fourth-order valence-electron chi connectivity index (χ4n) is 4.36. The topological polar surface area (TPSA) is 83.9 Å². The molecule has 1 aliphatic heterocycles. The fourth-order valence-corrected chi connectivity index (χ4v) is 5.99. The van der Waals surface area contributed by atoms with Crippen LogP contribution in [0.5, 0.6) is 0 Å². The van der Waals surface area contributed by atoms with Crippen molar-refractivity contribution in [3.8, 4) is 0 Å². The number of hydrogen-bond donors (Lipinski definition) is 1. The van der Waals surface area contributed by atoms with E-state index in [2.05, 4.69) is 0 Å². The predicted octanol–water partition coefficient (Wildman–Crippen LogP) is 3.69. The first-order valence-corrected chi connectivity index (χ1v) is 11.7. The lowest BCUT2D eigenvalue weighted by molar-refractivity contribution is -0.150. The summed E-state index contributed by atoms with van der Waals surface area (Å²) >= 11 is 0. The Morgan fingerprint density at radius 1 is 1.03 bits per heavy atom. The molecule has 0 radical (unpaired) electrons. The molecule has 3 aromatic carbocycles. The van der Waals surface area contributed by atoms with Crippen molar-refractivity contribution in [3.63, 3.8) is 0 Å². The molecule has 3 aromatic rings. The van der Waals surface area contributed by atoms with Crippen molar-refractivity contribution in [2.24, 2.45) is 0 Å². The standard InChI is InChI=1S/C25H25NO5S/c1-18-12-14-21(15-13-18)32(29,30)26-17-20-10-6-7-11-22(20)25(28,16-23(27)31-2)24(26)19-8-4-3-5-9-19/h3-15,24,28H,16-17H2,1-2H3/t24-,25-/m0/s1. The highest BCUT2D eigenvalue weighted by molar-refractivity contribution is 7.89. The third-order valence-corrected chi connectivity index (χ3v) is 7.76. The molecule has 0 saturated carbocycles. The summed E-state index contributed by atoms with van der Waals surface area (Å²) in [4.78, 5) is 12.5. The van der Waals surface area contributed by atoms with Crippen LogP contribution < -0.4 is 0 Å². The second kappa shape index (κ2) is 8.50. The first kappa shape index (κ1) is 22.2. The number of rotatable bonds is 5. The zero-order chi connectivity index (χ0) is 22.9. The highest BCUT2D eigenvalue weighted by atomic mass is 32.2. The molecule has 2 atom stereocenters. The molecule has 6 nitrogen and oxygen atoms in total. The predicted molar refractivity (Wildman–Crippen MR) is 120 cm³/mol. The van der Waals surface area contributed by atoms with E-state index < -0.39 is 27.6 Å². The summed E-state index contributed by atoms with van der Waals surface area (Å²) in [7, 11) is -2.76. The van der Waals surface area contributed by atoms with Crippen LogP contribution in [-0.4, -0.2) is 30.9 Å². The molecule has 0 amide bonds. The van der Waals surface area contributed by atoms with Gasteiger partial charge in [0.25, 0.3) is 0 Å². The number of hydrogen-bond acceptors (Lipinski definition) is 5. The first-order chi connectivity index (χ1) is 15.3. The average molecular weight is 452 g/mol. The molecule has 0 spiro atoms. The average Bonchev–Trinajstić information content (AvgIpc) is 2.79. The molecular weight excluding hydrogens is 426 g/mol. The zero-order valence-corrected chi connectivity index (χ0v) is 18.7. The number of nitrogens with zero attached hydrogens (tertiary/aromatic N) is 1. The normalized spacial score (nSPS) is 21.0. The van der Waals surface area contributed by atoms with E-state index in [-0.39, 0.29) is 17.9 Å². The molecule has 0 fully saturated rings. The van der Waals surface area contributed by atoms with Gasteiger partial charge in [0, 0.05) is 6.54 Å². The van der Waals surface area contributed by atoms with Crippen molar-refractivity contribution in [2.45, 2.75) is 36.4 Å². The Labute approximate surface area is 188 Å². The molecule has 1 N–H and O–H groups in total. The SMILES string of the molecule is COC(=O)C[C@]1(O)c2ccccc2CN(S(=O)(=O)c2ccc(C)cc2)[C@H]1c1ccccc1. The second-order valence-corrected chi connectivity index (χ2v) is 9.90. The van der Waals surface area contributed by atoms with Gasteiger partial charge in [-0.15, -0.1) is 0 Å². The summed E-state index contributed by atoms with van der Waals surface area (Å²) in [5.41, 5.74) is 0.872. The van der Waals surface area contributed by atoms with E-state index >= 15 is 0 Å². The van der Waals surface area contributed by atoms with Crippen LogP contribution in [0.3, 0.4) is 0 Å². The zero-order valence-electron chi connectivity index (χ0n) is 17.9. The summed E-state index contributed by atoms with van der Waals surface area (Å²) in [5, 5.41) is 12.1. The Kier molecular flexibility index (Phi) is 5.90. The van der Waals surface area contributed by atoms with E-state index in [1.165, 1.54) is 11.4 Å². The molecule has 32 heavy (non-hydrogen) atoms. The Morgan fingerprint density at radius 2 is 1.66 bits per heavy atom. The van der Waals surface area contributed by atoms with E-state index in [4.69, 9.17) is 4.74 Å². The molecule has 0 bridgehead atoms. The van der Waals surface area contributed by atoms with Gasteiger partial charge in [-0.05, 0) is 35.7 Å². The molecule has 4 rings (SSSR count). The maximum Gasteiger partial charge on any atom is 0.308 e. The van der Waals surface area contributed by atoms with Crippen molar-refractivity contribution in [1.82, 2.24) is 4.31 Å². The van der Waals surface area contributed by atoms with Crippen LogP contribution in [0.2, 0.25) is 0 Å². The molecule has 1 heterocycles. The van der Waals surface area contributed by atoms with Crippen LogP contribution in [0.1, 0.15) is 34.7 Å². The number of methoxy groups -OCH3 is 1. The summed E-state index contributed by atoms with van der Waals surface area (Å²) in [6.45, 7) is 1.95. The highest BCUT2D eigenvalue weighted by Crippen LogP contribution is 2.49. The summed E-state index contributed by atoms with van der Waals surface area (Å²) < 4.78 is 33.8. The van der Waals surface area contributed by atoms with Crippen LogP contribution >= 0.6 is 0 Å². The summed E-state index contributed by atoms with van der Waals surface area (Å²) in [6, 6.07) is 21.6. The molecule has 0 unspecified atom stereocenters. The van der Waals surface area contributed by atoms with Gasteiger partial charge in [0.2, 0.25) is 10.0 Å². The molecule has 0 saturated heterocycles. The maximum absolute atomic E-state index is 13.8. The van der Waals surface area contributed by atoms with Crippen LogP contribution in [0.15, 0.2) is 83.8 Å². The minimum absolute atomic E-state index is 0.0649. The lowest BCUT2D eigenvalue weighted by atomic mass is 9.75. The number of aryl methyl sites for hydroxylation is 1. The van der Waals surface area contributed by atoms with Crippen molar-refractivity contribution >= 4 is 16.0 Å². The van der Waals surface area contributed by atoms with Crippen LogP contribution in [0, 0.1) is 6.92 Å². The van der Waals surface area contributed by atoms with Gasteiger partial charge in [0.05, 0.1) is 24.5 Å². The number of carbonyl (C=O) groups is 1. The number of esters is 1. The van der Waals surface area contributed by atoms with Gasteiger partial charge in [0.15, 0.2) is 0 Å². The van der Waals surface area contributed by atoms with Gasteiger partial charge in [-0.1, -0.05) is 72.3 Å². The number of benzene rings is 3. The number of fused-ring (bicyclic) bond motifs is 1. The van der Waals surface area contributed by atoms with Crippen molar-refractivity contribution < 1.29 is 23.1 Å². The lowest BCUT2D eigenvalue weighted by Gasteiger charge is -2.47. The molecule has 0 aliphatic carbocycles. The molecular formula is C25H25NO5S. The fraction of sp³-hybridized carbons (Fsp3) is 0.240.